The molecule has 130 valence electrons. The van der Waals surface area contributed by atoms with E-state index in [-0.39, 0.29) is 5.91 Å². The van der Waals surface area contributed by atoms with E-state index in [1.54, 1.807) is 23.9 Å². The van der Waals surface area contributed by atoms with Crippen molar-refractivity contribution in [2.24, 2.45) is 0 Å². The number of hydrogen-bond acceptors (Lipinski definition) is 7. The summed E-state index contributed by atoms with van der Waals surface area (Å²) < 4.78 is 0. The number of nitrogens with one attached hydrogen (secondary N) is 1. The Kier molecular flexibility index (Phi) is 4.71. The Morgan fingerprint density at radius 2 is 2.00 bits per heavy atom. The second kappa shape index (κ2) is 7.14. The first kappa shape index (κ1) is 17.1. The van der Waals surface area contributed by atoms with Crippen molar-refractivity contribution in [3.05, 3.63) is 58.2 Å². The molecule has 0 unspecified atom stereocenters. The number of aromatic nitrogens is 3. The fourth-order valence-corrected chi connectivity index (χ4v) is 5.19. The van der Waals surface area contributed by atoms with E-state index in [9.17, 15) is 4.79 Å². The highest BCUT2D eigenvalue weighted by atomic mass is 32.2. The molecule has 0 saturated heterocycles. The van der Waals surface area contributed by atoms with Gasteiger partial charge in [-0.25, -0.2) is 15.0 Å². The normalized spacial score (nSPS) is 11.0. The second-order valence-electron chi connectivity index (χ2n) is 5.53. The molecule has 26 heavy (non-hydrogen) atoms. The summed E-state index contributed by atoms with van der Waals surface area (Å²) in [5.74, 6) is -0.174. The van der Waals surface area contributed by atoms with Crippen LogP contribution in [0, 0.1) is 13.8 Å². The number of amides is 1. The van der Waals surface area contributed by atoms with Crippen LogP contribution in [0.25, 0.3) is 10.2 Å². The third kappa shape index (κ3) is 3.23. The van der Waals surface area contributed by atoms with Crippen LogP contribution in [0.3, 0.4) is 0 Å². The highest BCUT2D eigenvalue weighted by Crippen LogP contribution is 2.38. The Labute approximate surface area is 162 Å². The molecule has 0 radical (unpaired) electrons. The zero-order chi connectivity index (χ0) is 18.1. The molecule has 4 aromatic rings. The topological polar surface area (TPSA) is 67.8 Å². The van der Waals surface area contributed by atoms with Crippen LogP contribution in [-0.4, -0.2) is 20.9 Å². The van der Waals surface area contributed by atoms with Gasteiger partial charge in [0.2, 0.25) is 0 Å². The molecule has 3 heterocycles. The molecule has 4 rings (SSSR count). The zero-order valence-corrected chi connectivity index (χ0v) is 16.5. The molecule has 0 fully saturated rings. The quantitative estimate of drug-likeness (QED) is 0.481. The maximum Gasteiger partial charge on any atom is 0.258 e. The smallest absolute Gasteiger partial charge is 0.258 e. The summed E-state index contributed by atoms with van der Waals surface area (Å²) in [6.07, 6.45) is 3.25. The van der Waals surface area contributed by atoms with Crippen molar-refractivity contribution in [2.45, 2.75) is 23.8 Å². The van der Waals surface area contributed by atoms with Gasteiger partial charge < -0.3 is 0 Å². The first-order chi connectivity index (χ1) is 12.6. The van der Waals surface area contributed by atoms with Gasteiger partial charge in [-0.2, -0.15) is 0 Å². The van der Waals surface area contributed by atoms with Crippen molar-refractivity contribution >= 4 is 55.7 Å². The number of thiophene rings is 1. The number of anilines is 1. The molecule has 1 amide bonds. The minimum atomic E-state index is -0.174. The van der Waals surface area contributed by atoms with Gasteiger partial charge in [0.1, 0.15) is 16.2 Å². The standard InChI is InChI=1S/C18H14N4OS3/c1-10-11(2)25-16-14(10)17(21-9-20-16)26-13-6-4-3-5-12(13)15(23)22-18-19-7-8-24-18/h3-9H,1-2H3,(H,19,22,23). The van der Waals surface area contributed by atoms with Gasteiger partial charge in [0, 0.05) is 26.7 Å². The lowest BCUT2D eigenvalue weighted by molar-refractivity contribution is 0.102. The zero-order valence-electron chi connectivity index (χ0n) is 14.0. The number of carbonyl (C=O) groups is 1. The van der Waals surface area contributed by atoms with Gasteiger partial charge in [-0.15, -0.1) is 22.7 Å². The van der Waals surface area contributed by atoms with Gasteiger partial charge >= 0.3 is 0 Å². The van der Waals surface area contributed by atoms with E-state index >= 15 is 0 Å². The third-order valence-corrected chi connectivity index (χ3v) is 6.80. The van der Waals surface area contributed by atoms with Gasteiger partial charge in [-0.1, -0.05) is 23.9 Å². The molecule has 5 nitrogen and oxygen atoms in total. The largest absolute Gasteiger partial charge is 0.298 e. The molecule has 1 aromatic carbocycles. The van der Waals surface area contributed by atoms with Crippen molar-refractivity contribution < 1.29 is 4.79 Å². The number of benzene rings is 1. The van der Waals surface area contributed by atoms with Crippen LogP contribution < -0.4 is 5.32 Å². The van der Waals surface area contributed by atoms with Crippen LogP contribution in [-0.2, 0) is 0 Å². The summed E-state index contributed by atoms with van der Waals surface area (Å²) in [4.78, 5) is 28.7. The lowest BCUT2D eigenvalue weighted by Gasteiger charge is -2.09. The molecular formula is C18H14N4OS3. The molecule has 0 atom stereocenters. The van der Waals surface area contributed by atoms with Crippen molar-refractivity contribution in [1.29, 1.82) is 0 Å². The van der Waals surface area contributed by atoms with Crippen molar-refractivity contribution in [3.63, 3.8) is 0 Å². The maximum absolute atomic E-state index is 12.7. The first-order valence-electron chi connectivity index (χ1n) is 7.82. The molecule has 0 aliphatic carbocycles. The van der Waals surface area contributed by atoms with Crippen LogP contribution in [0.1, 0.15) is 20.8 Å². The van der Waals surface area contributed by atoms with Gasteiger partial charge in [-0.05, 0) is 31.5 Å². The molecule has 0 aliphatic rings. The van der Waals surface area contributed by atoms with Gasteiger partial charge in [0.15, 0.2) is 5.13 Å². The van der Waals surface area contributed by atoms with Gasteiger partial charge in [0.25, 0.3) is 5.91 Å². The molecule has 3 aromatic heterocycles. The predicted octanol–water partition coefficient (Wildman–Crippen LogP) is 5.17. The van der Waals surface area contributed by atoms with E-state index in [1.807, 2.05) is 29.6 Å². The number of nitrogens with zero attached hydrogens (tertiary/aromatic N) is 3. The molecule has 0 saturated carbocycles. The number of thiazole rings is 1. The summed E-state index contributed by atoms with van der Waals surface area (Å²) in [7, 11) is 0. The molecule has 0 spiro atoms. The highest BCUT2D eigenvalue weighted by Gasteiger charge is 2.17. The van der Waals surface area contributed by atoms with Crippen molar-refractivity contribution in [3.8, 4) is 0 Å². The van der Waals surface area contributed by atoms with E-state index in [0.29, 0.717) is 10.7 Å². The van der Waals surface area contributed by atoms with Crippen LogP contribution in [0.5, 0.6) is 0 Å². The summed E-state index contributed by atoms with van der Waals surface area (Å²) >= 11 is 4.55. The Balaban J connectivity index is 1.71. The average molecular weight is 399 g/mol. The van der Waals surface area contributed by atoms with Gasteiger partial charge in [-0.3, -0.25) is 10.1 Å². The van der Waals surface area contributed by atoms with Gasteiger partial charge in [0.05, 0.1) is 5.56 Å². The summed E-state index contributed by atoms with van der Waals surface area (Å²) in [5.41, 5.74) is 1.79. The number of rotatable bonds is 4. The van der Waals surface area contributed by atoms with E-state index in [4.69, 9.17) is 0 Å². The summed E-state index contributed by atoms with van der Waals surface area (Å²) in [5, 5.41) is 7.19. The average Bonchev–Trinajstić information content (AvgIpc) is 3.24. The lowest BCUT2D eigenvalue weighted by atomic mass is 10.2. The third-order valence-electron chi connectivity index (χ3n) is 3.92. The summed E-state index contributed by atoms with van der Waals surface area (Å²) in [6.45, 7) is 4.17. The Bertz CT molecular complexity index is 1090. The molecule has 0 aliphatic heterocycles. The number of fused-ring (bicyclic) bond motifs is 1. The number of hydrogen-bond donors (Lipinski definition) is 1. The Morgan fingerprint density at radius 3 is 2.81 bits per heavy atom. The van der Waals surface area contributed by atoms with E-state index in [1.165, 1.54) is 33.5 Å². The first-order valence-corrected chi connectivity index (χ1v) is 10.3. The van der Waals surface area contributed by atoms with Crippen molar-refractivity contribution in [2.75, 3.05) is 5.32 Å². The van der Waals surface area contributed by atoms with Crippen molar-refractivity contribution in [1.82, 2.24) is 15.0 Å². The van der Waals surface area contributed by atoms with Crippen LogP contribution in [0.4, 0.5) is 5.13 Å². The number of aryl methyl sites for hydroxylation is 2. The molecule has 1 N–H and O–H groups in total. The monoisotopic (exact) mass is 398 g/mol. The van der Waals surface area contributed by atoms with Crippen LogP contribution >= 0.6 is 34.4 Å². The second-order valence-corrected chi connectivity index (χ2v) is 8.66. The van der Waals surface area contributed by atoms with E-state index in [2.05, 4.69) is 34.1 Å². The predicted molar refractivity (Wildman–Crippen MR) is 108 cm³/mol. The fourth-order valence-electron chi connectivity index (χ4n) is 2.52. The molecular weight excluding hydrogens is 384 g/mol. The van der Waals surface area contributed by atoms with E-state index < -0.39 is 0 Å². The number of carbonyl (C=O) groups excluding carboxylic acids is 1. The van der Waals surface area contributed by atoms with Crippen LogP contribution in [0.2, 0.25) is 0 Å². The summed E-state index contributed by atoms with van der Waals surface area (Å²) in [6, 6.07) is 7.53. The highest BCUT2D eigenvalue weighted by molar-refractivity contribution is 7.99. The Hall–Kier alpha value is -2.29. The maximum atomic E-state index is 12.7. The molecule has 8 heteroatoms. The molecule has 0 bridgehead atoms. The Morgan fingerprint density at radius 1 is 1.15 bits per heavy atom. The lowest BCUT2D eigenvalue weighted by Crippen LogP contribution is -2.12. The van der Waals surface area contributed by atoms with E-state index in [0.717, 1.165) is 20.1 Å². The SMILES string of the molecule is Cc1sc2ncnc(Sc3ccccc3C(=O)Nc3nccs3)c2c1C. The van der Waals surface area contributed by atoms with Crippen LogP contribution in [0.15, 0.2) is 52.1 Å². The minimum Gasteiger partial charge on any atom is -0.298 e. The fraction of sp³-hybridized carbons (Fsp3) is 0.111. The minimum absolute atomic E-state index is 0.174.